The molecule has 0 amide bonds. The summed E-state index contributed by atoms with van der Waals surface area (Å²) in [7, 11) is 1.87. The molecule has 0 spiro atoms. The summed E-state index contributed by atoms with van der Waals surface area (Å²) < 4.78 is 5.90. The lowest BCUT2D eigenvalue weighted by atomic mass is 10.0. The van der Waals surface area contributed by atoms with Crippen LogP contribution in [0.5, 0.6) is 5.75 Å². The molecule has 33 heavy (non-hydrogen) atoms. The summed E-state index contributed by atoms with van der Waals surface area (Å²) >= 11 is 0. The number of anilines is 1. The topological polar surface area (TPSA) is 72.8 Å². The summed E-state index contributed by atoms with van der Waals surface area (Å²) in [6.07, 6.45) is 7.99. The van der Waals surface area contributed by atoms with Gasteiger partial charge in [0.1, 0.15) is 11.6 Å². The standard InChI is InChI=1S/C27H23N5O/c1-28-27-24-16-21(8-11-25(24)31-26(32-27)22-5-3-14-30-18-22)20-6-9-23(10-7-20)33-15-12-19-4-2-13-29-17-19/h2-11,13-14,16-18H,12,15H2,1H3,(H,28,31,32). The van der Waals surface area contributed by atoms with E-state index in [0.29, 0.717) is 12.4 Å². The molecule has 0 aliphatic rings. The number of pyridine rings is 2. The highest BCUT2D eigenvalue weighted by Crippen LogP contribution is 2.30. The number of fused-ring (bicyclic) bond motifs is 1. The molecule has 0 fully saturated rings. The largest absolute Gasteiger partial charge is 0.493 e. The summed E-state index contributed by atoms with van der Waals surface area (Å²) in [5, 5.41) is 4.18. The van der Waals surface area contributed by atoms with Gasteiger partial charge < -0.3 is 10.1 Å². The van der Waals surface area contributed by atoms with Crippen LogP contribution in [-0.2, 0) is 6.42 Å². The van der Waals surface area contributed by atoms with E-state index in [0.717, 1.165) is 45.6 Å². The molecule has 0 radical (unpaired) electrons. The number of nitrogens with one attached hydrogen (secondary N) is 1. The Morgan fingerprint density at radius 3 is 2.30 bits per heavy atom. The number of benzene rings is 2. The Kier molecular flexibility index (Phi) is 5.89. The van der Waals surface area contributed by atoms with Crippen molar-refractivity contribution in [3.8, 4) is 28.3 Å². The molecule has 6 nitrogen and oxygen atoms in total. The minimum absolute atomic E-state index is 0.614. The molecule has 0 aliphatic heterocycles. The summed E-state index contributed by atoms with van der Waals surface area (Å²) in [4.78, 5) is 17.8. The molecule has 0 aliphatic carbocycles. The molecule has 0 saturated carbocycles. The Morgan fingerprint density at radius 1 is 0.788 bits per heavy atom. The third-order valence-corrected chi connectivity index (χ3v) is 5.42. The summed E-state index contributed by atoms with van der Waals surface area (Å²) in [5.74, 6) is 2.29. The number of hydrogen-bond acceptors (Lipinski definition) is 6. The van der Waals surface area contributed by atoms with Gasteiger partial charge in [0, 0.05) is 49.2 Å². The molecule has 5 aromatic rings. The predicted octanol–water partition coefficient (Wildman–Crippen LogP) is 5.42. The monoisotopic (exact) mass is 433 g/mol. The lowest BCUT2D eigenvalue weighted by Gasteiger charge is -2.11. The van der Waals surface area contributed by atoms with Gasteiger partial charge in [0.15, 0.2) is 5.82 Å². The third-order valence-electron chi connectivity index (χ3n) is 5.42. The smallest absolute Gasteiger partial charge is 0.163 e. The van der Waals surface area contributed by atoms with E-state index in [-0.39, 0.29) is 0 Å². The van der Waals surface area contributed by atoms with Gasteiger partial charge in [0.2, 0.25) is 0 Å². The summed E-state index contributed by atoms with van der Waals surface area (Å²) in [6.45, 7) is 0.614. The van der Waals surface area contributed by atoms with Crippen molar-refractivity contribution < 1.29 is 4.74 Å². The lowest BCUT2D eigenvalue weighted by Crippen LogP contribution is -2.01. The first-order chi connectivity index (χ1) is 16.3. The van der Waals surface area contributed by atoms with Crippen LogP contribution in [0.3, 0.4) is 0 Å². The van der Waals surface area contributed by atoms with Gasteiger partial charge in [-0.25, -0.2) is 9.97 Å². The predicted molar refractivity (Wildman–Crippen MR) is 131 cm³/mol. The average Bonchev–Trinajstić information content (AvgIpc) is 2.89. The molecule has 5 rings (SSSR count). The molecule has 0 bridgehead atoms. The first-order valence-corrected chi connectivity index (χ1v) is 10.8. The molecule has 162 valence electrons. The molecular weight excluding hydrogens is 410 g/mol. The quantitative estimate of drug-likeness (QED) is 0.370. The van der Waals surface area contributed by atoms with E-state index in [2.05, 4.69) is 45.6 Å². The van der Waals surface area contributed by atoms with Crippen molar-refractivity contribution in [2.24, 2.45) is 0 Å². The Hall–Kier alpha value is -4.32. The molecular formula is C27H23N5O. The van der Waals surface area contributed by atoms with Gasteiger partial charge in [-0.1, -0.05) is 24.3 Å². The number of ether oxygens (including phenoxy) is 1. The van der Waals surface area contributed by atoms with Gasteiger partial charge in [-0.05, 0) is 59.2 Å². The number of hydrogen-bond donors (Lipinski definition) is 1. The van der Waals surface area contributed by atoms with E-state index < -0.39 is 0 Å². The van der Waals surface area contributed by atoms with Crippen molar-refractivity contribution >= 4 is 16.7 Å². The van der Waals surface area contributed by atoms with Gasteiger partial charge in [0.05, 0.1) is 12.1 Å². The highest BCUT2D eigenvalue weighted by atomic mass is 16.5. The summed E-state index contributed by atoms with van der Waals surface area (Å²) in [5.41, 5.74) is 5.14. The molecule has 2 aromatic carbocycles. The highest BCUT2D eigenvalue weighted by molar-refractivity contribution is 5.93. The van der Waals surface area contributed by atoms with Gasteiger partial charge >= 0.3 is 0 Å². The van der Waals surface area contributed by atoms with E-state index in [9.17, 15) is 0 Å². The fourth-order valence-electron chi connectivity index (χ4n) is 3.70. The average molecular weight is 434 g/mol. The Labute approximate surface area is 192 Å². The van der Waals surface area contributed by atoms with Gasteiger partial charge in [-0.15, -0.1) is 0 Å². The second-order valence-corrected chi connectivity index (χ2v) is 7.60. The maximum Gasteiger partial charge on any atom is 0.163 e. The molecule has 0 atom stereocenters. The van der Waals surface area contributed by atoms with Crippen molar-refractivity contribution in [1.29, 1.82) is 0 Å². The lowest BCUT2D eigenvalue weighted by molar-refractivity contribution is 0.322. The van der Waals surface area contributed by atoms with Crippen molar-refractivity contribution in [3.63, 3.8) is 0 Å². The highest BCUT2D eigenvalue weighted by Gasteiger charge is 2.10. The normalized spacial score (nSPS) is 10.8. The van der Waals surface area contributed by atoms with Crippen LogP contribution in [0.15, 0.2) is 91.5 Å². The van der Waals surface area contributed by atoms with Crippen LogP contribution in [0.1, 0.15) is 5.56 Å². The van der Waals surface area contributed by atoms with Crippen LogP contribution in [0.4, 0.5) is 5.82 Å². The van der Waals surface area contributed by atoms with E-state index >= 15 is 0 Å². The first-order valence-electron chi connectivity index (χ1n) is 10.8. The minimum atomic E-state index is 0.614. The van der Waals surface area contributed by atoms with E-state index in [4.69, 9.17) is 14.7 Å². The number of nitrogens with zero attached hydrogens (tertiary/aromatic N) is 4. The second-order valence-electron chi connectivity index (χ2n) is 7.60. The van der Waals surface area contributed by atoms with Crippen molar-refractivity contribution in [1.82, 2.24) is 19.9 Å². The number of aromatic nitrogens is 4. The minimum Gasteiger partial charge on any atom is -0.493 e. The van der Waals surface area contributed by atoms with Crippen LogP contribution in [0.25, 0.3) is 33.4 Å². The van der Waals surface area contributed by atoms with E-state index in [1.165, 1.54) is 5.56 Å². The van der Waals surface area contributed by atoms with Gasteiger partial charge in [-0.2, -0.15) is 0 Å². The van der Waals surface area contributed by atoms with E-state index in [1.54, 1.807) is 18.6 Å². The molecule has 1 N–H and O–H groups in total. The van der Waals surface area contributed by atoms with Crippen LogP contribution in [0.2, 0.25) is 0 Å². The Balaban J connectivity index is 1.36. The van der Waals surface area contributed by atoms with Crippen LogP contribution in [-0.4, -0.2) is 33.6 Å². The molecule has 3 heterocycles. The first kappa shape index (κ1) is 20.6. The van der Waals surface area contributed by atoms with E-state index in [1.807, 2.05) is 49.6 Å². The third kappa shape index (κ3) is 4.65. The summed E-state index contributed by atoms with van der Waals surface area (Å²) in [6, 6.07) is 22.2. The fraction of sp³-hybridized carbons (Fsp3) is 0.111. The molecule has 6 heteroatoms. The molecule has 0 saturated heterocycles. The second kappa shape index (κ2) is 9.44. The fourth-order valence-corrected chi connectivity index (χ4v) is 3.70. The Morgan fingerprint density at radius 2 is 1.58 bits per heavy atom. The molecule has 0 unspecified atom stereocenters. The zero-order valence-electron chi connectivity index (χ0n) is 18.3. The van der Waals surface area contributed by atoms with Crippen LogP contribution in [0, 0.1) is 0 Å². The maximum absolute atomic E-state index is 5.90. The van der Waals surface area contributed by atoms with Gasteiger partial charge in [-0.3, -0.25) is 9.97 Å². The zero-order valence-corrected chi connectivity index (χ0v) is 18.3. The SMILES string of the molecule is CNc1nc(-c2cccnc2)nc2ccc(-c3ccc(OCCc4cccnc4)cc3)cc12. The van der Waals surface area contributed by atoms with Gasteiger partial charge in [0.25, 0.3) is 0 Å². The Bertz CT molecular complexity index is 1360. The van der Waals surface area contributed by atoms with Crippen LogP contribution < -0.4 is 10.1 Å². The molecule has 3 aromatic heterocycles. The van der Waals surface area contributed by atoms with Crippen LogP contribution >= 0.6 is 0 Å². The zero-order chi connectivity index (χ0) is 22.5. The van der Waals surface area contributed by atoms with Crippen molar-refractivity contribution in [2.75, 3.05) is 19.0 Å². The van der Waals surface area contributed by atoms with Crippen molar-refractivity contribution in [3.05, 3.63) is 97.1 Å². The van der Waals surface area contributed by atoms with Crippen molar-refractivity contribution in [2.45, 2.75) is 6.42 Å². The maximum atomic E-state index is 5.90. The number of rotatable bonds is 7.